The first-order chi connectivity index (χ1) is 12.1. The molecule has 0 unspecified atom stereocenters. The summed E-state index contributed by atoms with van der Waals surface area (Å²) in [5.41, 5.74) is 8.55. The van der Waals surface area contributed by atoms with Gasteiger partial charge in [-0.3, -0.25) is 9.55 Å². The van der Waals surface area contributed by atoms with Gasteiger partial charge in [-0.25, -0.2) is 14.8 Å². The first kappa shape index (κ1) is 17.1. The third-order valence-electron chi connectivity index (χ3n) is 4.02. The van der Waals surface area contributed by atoms with E-state index in [1.54, 1.807) is 24.8 Å². The van der Waals surface area contributed by atoms with Gasteiger partial charge in [0.2, 0.25) is 0 Å². The molecule has 3 heterocycles. The summed E-state index contributed by atoms with van der Waals surface area (Å²) in [4.78, 5) is 27.8. The van der Waals surface area contributed by atoms with E-state index in [0.717, 1.165) is 37.1 Å². The van der Waals surface area contributed by atoms with Crippen molar-refractivity contribution in [1.29, 1.82) is 0 Å². The van der Waals surface area contributed by atoms with Crippen LogP contribution in [0.2, 0.25) is 0 Å². The molecule has 0 fully saturated rings. The average molecular weight is 342 g/mol. The molecular weight excluding hydrogens is 320 g/mol. The minimum Gasteiger partial charge on any atom is -0.385 e. The lowest BCUT2D eigenvalue weighted by Gasteiger charge is -2.06. The molecule has 0 atom stereocenters. The monoisotopic (exact) mass is 342 g/mol. The number of hydrogen-bond acceptors (Lipinski definition) is 6. The number of ether oxygens (including phenoxy) is 1. The zero-order valence-corrected chi connectivity index (χ0v) is 14.5. The Balaban J connectivity index is 1.77. The van der Waals surface area contributed by atoms with Crippen molar-refractivity contribution in [3.8, 4) is 0 Å². The van der Waals surface area contributed by atoms with E-state index in [-0.39, 0.29) is 11.5 Å². The summed E-state index contributed by atoms with van der Waals surface area (Å²) in [6.45, 7) is 2.90. The molecule has 0 aromatic carbocycles. The molecule has 3 aromatic heterocycles. The molecule has 8 nitrogen and oxygen atoms in total. The lowest BCUT2D eigenvalue weighted by molar-refractivity contribution is 0.193. The maximum absolute atomic E-state index is 12.2. The second-order valence-electron chi connectivity index (χ2n) is 5.98. The first-order valence-corrected chi connectivity index (χ1v) is 8.24. The summed E-state index contributed by atoms with van der Waals surface area (Å²) >= 11 is 0. The number of hydrogen-bond donors (Lipinski definition) is 2. The molecule has 3 aromatic rings. The van der Waals surface area contributed by atoms with E-state index in [9.17, 15) is 4.79 Å². The van der Waals surface area contributed by atoms with E-state index in [4.69, 9.17) is 10.5 Å². The second-order valence-corrected chi connectivity index (χ2v) is 5.98. The van der Waals surface area contributed by atoms with Gasteiger partial charge >= 0.3 is 5.69 Å². The number of nitrogens with zero attached hydrogens (tertiary/aromatic N) is 4. The van der Waals surface area contributed by atoms with Crippen LogP contribution in [0.1, 0.15) is 29.9 Å². The van der Waals surface area contributed by atoms with Crippen LogP contribution >= 0.6 is 0 Å². The summed E-state index contributed by atoms with van der Waals surface area (Å²) in [5.74, 6) is 0.810. The maximum Gasteiger partial charge on any atom is 0.328 e. The zero-order valence-electron chi connectivity index (χ0n) is 14.5. The van der Waals surface area contributed by atoms with Crippen LogP contribution in [-0.2, 0) is 17.7 Å². The van der Waals surface area contributed by atoms with Crippen LogP contribution in [0.25, 0.3) is 11.2 Å². The number of aryl methyl sites for hydroxylation is 2. The summed E-state index contributed by atoms with van der Waals surface area (Å²) < 4.78 is 6.60. The largest absolute Gasteiger partial charge is 0.385 e. The van der Waals surface area contributed by atoms with Crippen molar-refractivity contribution < 1.29 is 4.74 Å². The normalized spacial score (nSPS) is 11.3. The molecule has 0 amide bonds. The van der Waals surface area contributed by atoms with Crippen molar-refractivity contribution in [2.75, 3.05) is 19.5 Å². The topological polar surface area (TPSA) is 112 Å². The van der Waals surface area contributed by atoms with E-state index in [0.29, 0.717) is 23.5 Å². The predicted octanol–water partition coefficient (Wildman–Crippen LogP) is 1.42. The molecule has 25 heavy (non-hydrogen) atoms. The average Bonchev–Trinajstić information content (AvgIpc) is 2.90. The summed E-state index contributed by atoms with van der Waals surface area (Å²) in [6, 6.07) is 3.98. The quantitative estimate of drug-likeness (QED) is 0.628. The Morgan fingerprint density at radius 3 is 2.84 bits per heavy atom. The van der Waals surface area contributed by atoms with E-state index in [1.165, 1.54) is 0 Å². The highest BCUT2D eigenvalue weighted by Crippen LogP contribution is 2.15. The fraction of sp³-hybridized carbons (Fsp3) is 0.412. The lowest BCUT2D eigenvalue weighted by Crippen LogP contribution is -2.18. The van der Waals surface area contributed by atoms with Crippen LogP contribution in [0.15, 0.2) is 23.1 Å². The predicted molar refractivity (Wildman–Crippen MR) is 95.5 cm³/mol. The zero-order chi connectivity index (χ0) is 17.8. The first-order valence-electron chi connectivity index (χ1n) is 8.24. The Labute approximate surface area is 145 Å². The van der Waals surface area contributed by atoms with Crippen molar-refractivity contribution in [3.63, 3.8) is 0 Å². The lowest BCUT2D eigenvalue weighted by atomic mass is 10.1. The van der Waals surface area contributed by atoms with Crippen LogP contribution in [0, 0.1) is 6.92 Å². The Kier molecular flexibility index (Phi) is 5.08. The number of anilines is 1. The van der Waals surface area contributed by atoms with Gasteiger partial charge in [0.15, 0.2) is 11.5 Å². The SMILES string of the molecule is COCCCCc1ccc(Cn2c(=O)[nH]c3c(N)nc(C)nc32)cn1. The van der Waals surface area contributed by atoms with Crippen molar-refractivity contribution in [1.82, 2.24) is 24.5 Å². The summed E-state index contributed by atoms with van der Waals surface area (Å²) in [7, 11) is 1.71. The number of imidazole rings is 1. The van der Waals surface area contributed by atoms with Gasteiger partial charge in [-0.05, 0) is 37.8 Å². The fourth-order valence-corrected chi connectivity index (χ4v) is 2.74. The number of fused-ring (bicyclic) bond motifs is 1. The molecule has 3 rings (SSSR count). The van der Waals surface area contributed by atoms with Crippen molar-refractivity contribution >= 4 is 17.0 Å². The number of nitrogens with one attached hydrogen (secondary N) is 1. The van der Waals surface area contributed by atoms with Crippen LogP contribution in [0.4, 0.5) is 5.82 Å². The molecule has 0 radical (unpaired) electrons. The smallest absolute Gasteiger partial charge is 0.328 e. The van der Waals surface area contributed by atoms with E-state index in [2.05, 4.69) is 19.9 Å². The number of aromatic amines is 1. The summed E-state index contributed by atoms with van der Waals surface area (Å²) in [6.07, 6.45) is 4.77. The standard InChI is InChI=1S/C17H22N6O2/c1-11-20-15(18)14-16(21-11)23(17(24)22-14)10-12-6-7-13(19-9-12)5-3-4-8-25-2/h6-7,9H,3-5,8,10H2,1-2H3,(H,22,24)(H2,18,20,21). The molecule has 3 N–H and O–H groups in total. The van der Waals surface area contributed by atoms with Gasteiger partial charge in [0.1, 0.15) is 11.3 Å². The molecule has 0 spiro atoms. The van der Waals surface area contributed by atoms with Crippen LogP contribution < -0.4 is 11.4 Å². The highest BCUT2D eigenvalue weighted by molar-refractivity contribution is 5.81. The summed E-state index contributed by atoms with van der Waals surface area (Å²) in [5, 5.41) is 0. The van der Waals surface area contributed by atoms with Gasteiger partial charge in [0.05, 0.1) is 6.54 Å². The maximum atomic E-state index is 12.2. The fourth-order valence-electron chi connectivity index (χ4n) is 2.74. The van der Waals surface area contributed by atoms with E-state index in [1.807, 2.05) is 12.1 Å². The molecule has 0 bridgehead atoms. The Morgan fingerprint density at radius 2 is 2.12 bits per heavy atom. The Morgan fingerprint density at radius 1 is 1.28 bits per heavy atom. The number of aromatic nitrogens is 5. The highest BCUT2D eigenvalue weighted by Gasteiger charge is 2.13. The molecule has 0 saturated heterocycles. The minimum atomic E-state index is -0.259. The molecule has 0 aliphatic rings. The van der Waals surface area contributed by atoms with E-state index >= 15 is 0 Å². The van der Waals surface area contributed by atoms with Gasteiger partial charge in [-0.1, -0.05) is 6.07 Å². The number of rotatable bonds is 7. The second kappa shape index (κ2) is 7.43. The third kappa shape index (κ3) is 3.85. The number of H-pyrrole nitrogens is 1. The molecule has 0 aliphatic heterocycles. The van der Waals surface area contributed by atoms with Crippen molar-refractivity contribution in [2.24, 2.45) is 0 Å². The number of nitrogen functional groups attached to an aromatic ring is 1. The van der Waals surface area contributed by atoms with E-state index < -0.39 is 0 Å². The number of methoxy groups -OCH3 is 1. The number of pyridine rings is 1. The minimum absolute atomic E-state index is 0.259. The van der Waals surface area contributed by atoms with Gasteiger partial charge in [0, 0.05) is 25.6 Å². The van der Waals surface area contributed by atoms with Crippen LogP contribution in [-0.4, -0.2) is 38.2 Å². The van der Waals surface area contributed by atoms with Gasteiger partial charge < -0.3 is 15.5 Å². The van der Waals surface area contributed by atoms with Gasteiger partial charge in [-0.2, -0.15) is 0 Å². The molecule has 8 heteroatoms. The highest BCUT2D eigenvalue weighted by atomic mass is 16.5. The molecular formula is C17H22N6O2. The third-order valence-corrected chi connectivity index (χ3v) is 4.02. The molecule has 0 aliphatic carbocycles. The molecule has 0 saturated carbocycles. The Hall–Kier alpha value is -2.74. The van der Waals surface area contributed by atoms with Crippen LogP contribution in [0.3, 0.4) is 0 Å². The van der Waals surface area contributed by atoms with Gasteiger partial charge in [0.25, 0.3) is 0 Å². The van der Waals surface area contributed by atoms with Crippen LogP contribution in [0.5, 0.6) is 0 Å². The van der Waals surface area contributed by atoms with Gasteiger partial charge in [-0.15, -0.1) is 0 Å². The van der Waals surface area contributed by atoms with Crippen molar-refractivity contribution in [2.45, 2.75) is 32.7 Å². The Bertz CT molecular complexity index is 913. The number of nitrogens with two attached hydrogens (primary N) is 1. The van der Waals surface area contributed by atoms with Crippen molar-refractivity contribution in [3.05, 3.63) is 45.9 Å². The number of unbranched alkanes of at least 4 members (excludes halogenated alkanes) is 1. The molecule has 132 valence electrons.